The fourth-order valence-corrected chi connectivity index (χ4v) is 2.38. The first-order chi connectivity index (χ1) is 10.2. The number of rotatable bonds is 3. The Balaban J connectivity index is 2.12. The van der Waals surface area contributed by atoms with Crippen molar-refractivity contribution >= 4 is 32.7 Å². The maximum absolute atomic E-state index is 9.19. The van der Waals surface area contributed by atoms with Crippen molar-refractivity contribution in [3.63, 3.8) is 0 Å². The molecular formula is C14H9BrN4O2. The van der Waals surface area contributed by atoms with E-state index >= 15 is 0 Å². The Bertz CT molecular complexity index is 854. The minimum Gasteiger partial charge on any atom is -0.442 e. The van der Waals surface area contributed by atoms with Crippen LogP contribution in [0.1, 0.15) is 5.76 Å². The molecule has 0 amide bonds. The van der Waals surface area contributed by atoms with E-state index in [0.29, 0.717) is 32.9 Å². The number of fused-ring (bicyclic) bond motifs is 1. The summed E-state index contributed by atoms with van der Waals surface area (Å²) in [5, 5.41) is 12.8. The minimum absolute atomic E-state index is 0.104. The van der Waals surface area contributed by atoms with Gasteiger partial charge in [0.15, 0.2) is 5.75 Å². The van der Waals surface area contributed by atoms with E-state index in [0.717, 1.165) is 0 Å². The molecule has 0 fully saturated rings. The molecule has 1 N–H and O–H groups in total. The van der Waals surface area contributed by atoms with Crippen molar-refractivity contribution in [2.75, 3.05) is 12.4 Å². The van der Waals surface area contributed by atoms with Gasteiger partial charge in [-0.05, 0) is 28.1 Å². The van der Waals surface area contributed by atoms with E-state index in [-0.39, 0.29) is 5.76 Å². The predicted molar refractivity (Wildman–Crippen MR) is 80.3 cm³/mol. The van der Waals surface area contributed by atoms with Gasteiger partial charge in [0, 0.05) is 7.05 Å². The number of hydrogen-bond acceptors (Lipinski definition) is 6. The molecule has 2 heterocycles. The first-order valence-corrected chi connectivity index (χ1v) is 6.81. The molecule has 21 heavy (non-hydrogen) atoms. The third-order valence-corrected chi connectivity index (χ3v) is 3.56. The van der Waals surface area contributed by atoms with Crippen LogP contribution in [0.5, 0.6) is 11.6 Å². The molecule has 7 heteroatoms. The lowest BCUT2D eigenvalue weighted by molar-refractivity contribution is 0.446. The first kappa shape index (κ1) is 13.4. The number of nitrogens with zero attached hydrogens (tertiary/aromatic N) is 3. The van der Waals surface area contributed by atoms with Crippen LogP contribution in [0, 0.1) is 11.3 Å². The van der Waals surface area contributed by atoms with Crippen LogP contribution in [-0.2, 0) is 0 Å². The van der Waals surface area contributed by atoms with Crippen LogP contribution in [0.15, 0.2) is 39.5 Å². The van der Waals surface area contributed by atoms with Gasteiger partial charge in [-0.3, -0.25) is 0 Å². The standard InChI is InChI=1S/C14H9BrN4O2/c1-17-13-11(15)14(19-7-18-13)21-12-8-4-2-3-5-9(8)20-10(12)6-16/h2-5,7H,1H3,(H,17,18,19). The van der Waals surface area contributed by atoms with Gasteiger partial charge in [-0.15, -0.1) is 0 Å². The van der Waals surface area contributed by atoms with Gasteiger partial charge in [-0.1, -0.05) is 12.1 Å². The monoisotopic (exact) mass is 344 g/mol. The summed E-state index contributed by atoms with van der Waals surface area (Å²) in [6.07, 6.45) is 1.38. The molecule has 6 nitrogen and oxygen atoms in total. The third-order valence-electron chi connectivity index (χ3n) is 2.84. The van der Waals surface area contributed by atoms with Crippen LogP contribution < -0.4 is 10.1 Å². The number of aromatic nitrogens is 2. The number of halogens is 1. The van der Waals surface area contributed by atoms with Gasteiger partial charge in [0.25, 0.3) is 0 Å². The number of furan rings is 1. The molecule has 0 aliphatic rings. The van der Waals surface area contributed by atoms with E-state index in [9.17, 15) is 5.26 Å². The number of nitrogens with one attached hydrogen (secondary N) is 1. The molecule has 0 bridgehead atoms. The van der Waals surface area contributed by atoms with Crippen molar-refractivity contribution in [3.05, 3.63) is 40.8 Å². The van der Waals surface area contributed by atoms with Crippen LogP contribution in [0.25, 0.3) is 11.0 Å². The van der Waals surface area contributed by atoms with Crippen molar-refractivity contribution in [2.24, 2.45) is 0 Å². The second-order valence-electron chi connectivity index (χ2n) is 4.06. The highest BCUT2D eigenvalue weighted by Gasteiger charge is 2.18. The highest BCUT2D eigenvalue weighted by molar-refractivity contribution is 9.10. The van der Waals surface area contributed by atoms with Crippen LogP contribution in [0.2, 0.25) is 0 Å². The number of para-hydroxylation sites is 1. The van der Waals surface area contributed by atoms with Crippen molar-refractivity contribution in [3.8, 4) is 17.7 Å². The first-order valence-electron chi connectivity index (χ1n) is 6.02. The Morgan fingerprint density at radius 1 is 1.33 bits per heavy atom. The van der Waals surface area contributed by atoms with Gasteiger partial charge in [0.2, 0.25) is 11.6 Å². The summed E-state index contributed by atoms with van der Waals surface area (Å²) < 4.78 is 11.8. The molecule has 0 aliphatic heterocycles. The Kier molecular flexibility index (Phi) is 3.46. The zero-order valence-corrected chi connectivity index (χ0v) is 12.5. The predicted octanol–water partition coefficient (Wildman–Crippen LogP) is 3.69. The zero-order chi connectivity index (χ0) is 14.8. The van der Waals surface area contributed by atoms with E-state index in [1.807, 2.05) is 24.3 Å². The van der Waals surface area contributed by atoms with E-state index in [2.05, 4.69) is 31.2 Å². The third kappa shape index (κ3) is 2.30. The lowest BCUT2D eigenvalue weighted by Gasteiger charge is -2.07. The molecule has 0 atom stereocenters. The molecule has 0 saturated carbocycles. The van der Waals surface area contributed by atoms with Gasteiger partial charge in [0.05, 0.1) is 5.39 Å². The Labute approximate surface area is 128 Å². The molecule has 0 saturated heterocycles. The SMILES string of the molecule is CNc1ncnc(Oc2c(C#N)oc3ccccc23)c1Br. The molecule has 0 spiro atoms. The molecule has 3 rings (SSSR count). The molecule has 3 aromatic rings. The van der Waals surface area contributed by atoms with Crippen molar-refractivity contribution in [2.45, 2.75) is 0 Å². The van der Waals surface area contributed by atoms with E-state index in [1.54, 1.807) is 13.1 Å². The largest absolute Gasteiger partial charge is 0.442 e. The maximum atomic E-state index is 9.19. The smallest absolute Gasteiger partial charge is 0.247 e. The lowest BCUT2D eigenvalue weighted by Crippen LogP contribution is -1.98. The highest BCUT2D eigenvalue weighted by Crippen LogP contribution is 2.38. The van der Waals surface area contributed by atoms with E-state index < -0.39 is 0 Å². The summed E-state index contributed by atoms with van der Waals surface area (Å²) >= 11 is 3.37. The van der Waals surface area contributed by atoms with Gasteiger partial charge < -0.3 is 14.5 Å². The fourth-order valence-electron chi connectivity index (χ4n) is 1.89. The topological polar surface area (TPSA) is 84.0 Å². The summed E-state index contributed by atoms with van der Waals surface area (Å²) in [5.41, 5.74) is 0.586. The van der Waals surface area contributed by atoms with E-state index in [1.165, 1.54) is 6.33 Å². The summed E-state index contributed by atoms with van der Waals surface area (Å²) in [4.78, 5) is 8.13. The number of benzene rings is 1. The number of anilines is 1. The zero-order valence-electron chi connectivity index (χ0n) is 10.9. The van der Waals surface area contributed by atoms with E-state index in [4.69, 9.17) is 9.15 Å². The molecule has 0 aliphatic carbocycles. The summed E-state index contributed by atoms with van der Waals surface area (Å²) in [6.45, 7) is 0. The number of nitriles is 1. The van der Waals surface area contributed by atoms with Crippen LogP contribution in [0.3, 0.4) is 0 Å². The molecular weight excluding hydrogens is 336 g/mol. The fraction of sp³-hybridized carbons (Fsp3) is 0.0714. The quantitative estimate of drug-likeness (QED) is 0.779. The van der Waals surface area contributed by atoms with Gasteiger partial charge in [-0.2, -0.15) is 5.26 Å². The summed E-state index contributed by atoms with van der Waals surface area (Å²) in [7, 11) is 1.74. The molecule has 104 valence electrons. The summed E-state index contributed by atoms with van der Waals surface area (Å²) in [5.74, 6) is 1.34. The Morgan fingerprint density at radius 2 is 2.14 bits per heavy atom. The van der Waals surface area contributed by atoms with Crippen LogP contribution in [0.4, 0.5) is 5.82 Å². The second kappa shape index (κ2) is 5.42. The van der Waals surface area contributed by atoms with Gasteiger partial charge in [0.1, 0.15) is 28.3 Å². The summed E-state index contributed by atoms with van der Waals surface area (Å²) in [6, 6.07) is 9.26. The minimum atomic E-state index is 0.104. The van der Waals surface area contributed by atoms with Gasteiger partial charge >= 0.3 is 0 Å². The van der Waals surface area contributed by atoms with Crippen molar-refractivity contribution in [1.29, 1.82) is 5.26 Å². The maximum Gasteiger partial charge on any atom is 0.247 e. The Hall–Kier alpha value is -2.59. The van der Waals surface area contributed by atoms with Gasteiger partial charge in [-0.25, -0.2) is 9.97 Å². The van der Waals surface area contributed by atoms with Crippen molar-refractivity contribution in [1.82, 2.24) is 9.97 Å². The number of hydrogen-bond donors (Lipinski definition) is 1. The Morgan fingerprint density at radius 3 is 2.90 bits per heavy atom. The lowest BCUT2D eigenvalue weighted by atomic mass is 10.2. The normalized spacial score (nSPS) is 10.3. The highest BCUT2D eigenvalue weighted by atomic mass is 79.9. The molecule has 1 aromatic carbocycles. The second-order valence-corrected chi connectivity index (χ2v) is 4.85. The van der Waals surface area contributed by atoms with Crippen LogP contribution in [-0.4, -0.2) is 17.0 Å². The number of ether oxygens (including phenoxy) is 1. The van der Waals surface area contributed by atoms with Crippen LogP contribution >= 0.6 is 15.9 Å². The molecule has 0 radical (unpaired) electrons. The molecule has 0 unspecified atom stereocenters. The average molecular weight is 345 g/mol. The average Bonchev–Trinajstić information content (AvgIpc) is 2.87. The van der Waals surface area contributed by atoms with Crippen molar-refractivity contribution < 1.29 is 9.15 Å². The molecule has 2 aromatic heterocycles.